The second kappa shape index (κ2) is 4.28. The molecule has 1 saturated carbocycles. The first kappa shape index (κ1) is 11.5. The summed E-state index contributed by atoms with van der Waals surface area (Å²) < 4.78 is 4.72. The number of nitrogens with two attached hydrogens (primary N) is 1. The van der Waals surface area contributed by atoms with E-state index in [1.165, 1.54) is 7.11 Å². The van der Waals surface area contributed by atoms with Crippen molar-refractivity contribution < 1.29 is 9.53 Å². The highest BCUT2D eigenvalue weighted by Crippen LogP contribution is 2.31. The Hall–Kier alpha value is -0.610. The van der Waals surface area contributed by atoms with Gasteiger partial charge in [-0.25, -0.2) is 0 Å². The van der Waals surface area contributed by atoms with Gasteiger partial charge in [0.05, 0.1) is 7.11 Å². The Bertz CT molecular complexity index is 220. The number of methoxy groups -OCH3 is 1. The van der Waals surface area contributed by atoms with Crippen molar-refractivity contribution in [3.63, 3.8) is 0 Å². The van der Waals surface area contributed by atoms with E-state index in [2.05, 4.69) is 18.9 Å². The van der Waals surface area contributed by atoms with Gasteiger partial charge in [-0.15, -0.1) is 0 Å². The minimum Gasteiger partial charge on any atom is -0.468 e. The molecular weight excluding hydrogens is 180 g/mol. The molecule has 2 atom stereocenters. The summed E-state index contributed by atoms with van der Waals surface area (Å²) >= 11 is 0. The summed E-state index contributed by atoms with van der Waals surface area (Å²) in [7, 11) is 3.46. The monoisotopic (exact) mass is 200 g/mol. The zero-order valence-electron chi connectivity index (χ0n) is 9.25. The summed E-state index contributed by atoms with van der Waals surface area (Å²) in [6, 6.07) is 0.420. The average molecular weight is 200 g/mol. The van der Waals surface area contributed by atoms with Crippen LogP contribution in [0.3, 0.4) is 0 Å². The highest BCUT2D eigenvalue weighted by Gasteiger charge is 2.43. The van der Waals surface area contributed by atoms with E-state index >= 15 is 0 Å². The molecule has 1 rings (SSSR count). The predicted octanol–water partition coefficient (Wildman–Crippen LogP) is 0.361. The Morgan fingerprint density at radius 1 is 1.71 bits per heavy atom. The molecule has 0 radical (unpaired) electrons. The summed E-state index contributed by atoms with van der Waals surface area (Å²) in [6.45, 7) is 3.09. The van der Waals surface area contributed by atoms with Gasteiger partial charge in [-0.05, 0) is 32.9 Å². The highest BCUT2D eigenvalue weighted by atomic mass is 16.5. The molecule has 14 heavy (non-hydrogen) atoms. The zero-order chi connectivity index (χ0) is 10.8. The molecule has 0 spiro atoms. The smallest absolute Gasteiger partial charge is 0.325 e. The average Bonchev–Trinajstić information content (AvgIpc) is 2.60. The van der Waals surface area contributed by atoms with Crippen LogP contribution in [0.4, 0.5) is 0 Å². The van der Waals surface area contributed by atoms with Gasteiger partial charge in [0.1, 0.15) is 5.54 Å². The van der Waals surface area contributed by atoms with E-state index in [0.717, 1.165) is 19.4 Å². The van der Waals surface area contributed by atoms with Crippen molar-refractivity contribution in [3.8, 4) is 0 Å². The SMILES string of the molecule is CCN(C)C1CCC(N)(C(=O)OC)C1. The topological polar surface area (TPSA) is 55.6 Å². The maximum atomic E-state index is 11.4. The van der Waals surface area contributed by atoms with Crippen molar-refractivity contribution >= 4 is 5.97 Å². The van der Waals surface area contributed by atoms with E-state index in [-0.39, 0.29) is 5.97 Å². The van der Waals surface area contributed by atoms with Gasteiger partial charge < -0.3 is 15.4 Å². The Morgan fingerprint density at radius 2 is 2.36 bits per heavy atom. The van der Waals surface area contributed by atoms with Crippen molar-refractivity contribution in [2.45, 2.75) is 37.8 Å². The van der Waals surface area contributed by atoms with Crippen LogP contribution in [0.1, 0.15) is 26.2 Å². The molecule has 1 aliphatic rings. The molecule has 2 unspecified atom stereocenters. The third kappa shape index (κ3) is 2.07. The van der Waals surface area contributed by atoms with Crippen molar-refractivity contribution in [2.75, 3.05) is 20.7 Å². The molecule has 0 amide bonds. The lowest BCUT2D eigenvalue weighted by Crippen LogP contribution is -2.47. The van der Waals surface area contributed by atoms with E-state index in [1.54, 1.807) is 0 Å². The number of carbonyl (C=O) groups excluding carboxylic acids is 1. The van der Waals surface area contributed by atoms with Crippen LogP contribution < -0.4 is 5.73 Å². The molecule has 0 heterocycles. The molecule has 0 saturated heterocycles. The van der Waals surface area contributed by atoms with Crippen LogP contribution in [0.15, 0.2) is 0 Å². The van der Waals surface area contributed by atoms with Crippen LogP contribution in [-0.4, -0.2) is 43.2 Å². The van der Waals surface area contributed by atoms with E-state index in [1.807, 2.05) is 0 Å². The van der Waals surface area contributed by atoms with E-state index in [0.29, 0.717) is 12.5 Å². The Labute approximate surface area is 85.4 Å². The van der Waals surface area contributed by atoms with Crippen LogP contribution in [0.5, 0.6) is 0 Å². The van der Waals surface area contributed by atoms with Gasteiger partial charge >= 0.3 is 5.97 Å². The first-order valence-corrected chi connectivity index (χ1v) is 5.11. The number of esters is 1. The third-order valence-corrected chi connectivity index (χ3v) is 3.24. The fraction of sp³-hybridized carbons (Fsp3) is 0.900. The normalized spacial score (nSPS) is 32.2. The molecular formula is C10H20N2O2. The first-order valence-electron chi connectivity index (χ1n) is 5.11. The summed E-state index contributed by atoms with van der Waals surface area (Å²) in [6.07, 6.45) is 2.43. The number of nitrogens with zero attached hydrogens (tertiary/aromatic N) is 1. The van der Waals surface area contributed by atoms with Gasteiger partial charge in [0.25, 0.3) is 0 Å². The molecule has 82 valence electrons. The lowest BCUT2D eigenvalue weighted by atomic mass is 9.99. The van der Waals surface area contributed by atoms with Crippen molar-refractivity contribution in [1.82, 2.24) is 4.90 Å². The van der Waals surface area contributed by atoms with Crippen molar-refractivity contribution in [3.05, 3.63) is 0 Å². The molecule has 1 aliphatic carbocycles. The number of ether oxygens (including phenoxy) is 1. The molecule has 2 N–H and O–H groups in total. The van der Waals surface area contributed by atoms with Gasteiger partial charge in [0.15, 0.2) is 0 Å². The maximum Gasteiger partial charge on any atom is 0.325 e. The third-order valence-electron chi connectivity index (χ3n) is 3.24. The maximum absolute atomic E-state index is 11.4. The van der Waals surface area contributed by atoms with E-state index < -0.39 is 5.54 Å². The Kier molecular flexibility index (Phi) is 3.50. The molecule has 1 fully saturated rings. The number of hydrogen-bond donors (Lipinski definition) is 1. The summed E-state index contributed by atoms with van der Waals surface area (Å²) in [5.41, 5.74) is 5.25. The van der Waals surface area contributed by atoms with Crippen molar-refractivity contribution in [1.29, 1.82) is 0 Å². The standard InChI is InChI=1S/C10H20N2O2/c1-4-12(2)8-5-6-10(11,7-8)9(13)14-3/h8H,4-7,11H2,1-3H3. The molecule has 0 aromatic rings. The second-order valence-corrected chi connectivity index (χ2v) is 4.12. The van der Waals surface area contributed by atoms with Crippen LogP contribution in [-0.2, 0) is 9.53 Å². The fourth-order valence-corrected chi connectivity index (χ4v) is 2.07. The summed E-state index contributed by atoms with van der Waals surface area (Å²) in [4.78, 5) is 13.7. The van der Waals surface area contributed by atoms with Gasteiger partial charge in [0, 0.05) is 6.04 Å². The number of hydrogen-bond acceptors (Lipinski definition) is 4. The van der Waals surface area contributed by atoms with Gasteiger partial charge in [-0.1, -0.05) is 6.92 Å². The van der Waals surface area contributed by atoms with E-state index in [9.17, 15) is 4.79 Å². The molecule has 4 heteroatoms. The van der Waals surface area contributed by atoms with Crippen molar-refractivity contribution in [2.24, 2.45) is 5.73 Å². The summed E-state index contributed by atoms with van der Waals surface area (Å²) in [5.74, 6) is -0.274. The van der Waals surface area contributed by atoms with Crippen LogP contribution in [0.2, 0.25) is 0 Å². The first-order chi connectivity index (χ1) is 6.53. The van der Waals surface area contributed by atoms with Gasteiger partial charge in [0.2, 0.25) is 0 Å². The van der Waals surface area contributed by atoms with Gasteiger partial charge in [-0.3, -0.25) is 4.79 Å². The number of rotatable bonds is 3. The Balaban J connectivity index is 2.59. The minimum atomic E-state index is -0.747. The largest absolute Gasteiger partial charge is 0.468 e. The molecule has 0 bridgehead atoms. The quantitative estimate of drug-likeness (QED) is 0.668. The van der Waals surface area contributed by atoms with Gasteiger partial charge in [-0.2, -0.15) is 0 Å². The number of carbonyl (C=O) groups is 1. The zero-order valence-corrected chi connectivity index (χ0v) is 9.25. The summed E-state index contributed by atoms with van der Waals surface area (Å²) in [5, 5.41) is 0. The predicted molar refractivity (Wildman–Crippen MR) is 54.9 cm³/mol. The molecule has 0 aromatic heterocycles. The lowest BCUT2D eigenvalue weighted by Gasteiger charge is -2.25. The van der Waals surface area contributed by atoms with Crippen LogP contribution >= 0.6 is 0 Å². The van der Waals surface area contributed by atoms with Crippen LogP contribution in [0.25, 0.3) is 0 Å². The van der Waals surface area contributed by atoms with E-state index in [4.69, 9.17) is 10.5 Å². The molecule has 4 nitrogen and oxygen atoms in total. The highest BCUT2D eigenvalue weighted by molar-refractivity contribution is 5.80. The fourth-order valence-electron chi connectivity index (χ4n) is 2.07. The molecule has 0 aliphatic heterocycles. The van der Waals surface area contributed by atoms with Crippen LogP contribution in [0, 0.1) is 0 Å². The second-order valence-electron chi connectivity index (χ2n) is 4.12. The lowest BCUT2D eigenvalue weighted by molar-refractivity contribution is -0.146. The molecule has 0 aromatic carbocycles. The Morgan fingerprint density at radius 3 is 2.86 bits per heavy atom. The minimum absolute atomic E-state index is 0.274.